The van der Waals surface area contributed by atoms with Crippen molar-refractivity contribution in [1.82, 2.24) is 0 Å². The van der Waals surface area contributed by atoms with Crippen LogP contribution in [0.25, 0.3) is 0 Å². The molecule has 0 fully saturated rings. The zero-order valence-corrected chi connectivity index (χ0v) is 9.80. The van der Waals surface area contributed by atoms with E-state index >= 15 is 0 Å². The Morgan fingerprint density at radius 2 is 2.13 bits per heavy atom. The lowest BCUT2D eigenvalue weighted by molar-refractivity contribution is 0.0686. The molecule has 4 heteroatoms. The van der Waals surface area contributed by atoms with Crippen LogP contribution in [0.1, 0.15) is 24.2 Å². The van der Waals surface area contributed by atoms with Gasteiger partial charge in [0.15, 0.2) is 0 Å². The summed E-state index contributed by atoms with van der Waals surface area (Å²) in [6, 6.07) is 5.26. The van der Waals surface area contributed by atoms with Gasteiger partial charge in [0.25, 0.3) is 0 Å². The van der Waals surface area contributed by atoms with Gasteiger partial charge in [-0.1, -0.05) is 6.07 Å². The Balaban J connectivity index is 3.19. The van der Waals surface area contributed by atoms with Gasteiger partial charge in [-0.05, 0) is 32.2 Å². The van der Waals surface area contributed by atoms with E-state index in [-0.39, 0.29) is 11.7 Å². The van der Waals surface area contributed by atoms with Crippen LogP contribution < -0.4 is 4.74 Å². The van der Waals surface area contributed by atoms with Crippen molar-refractivity contribution in [3.05, 3.63) is 23.8 Å². The summed E-state index contributed by atoms with van der Waals surface area (Å²) in [6.45, 7) is 3.74. The van der Waals surface area contributed by atoms with Crippen LogP contribution in [-0.2, 0) is 0 Å². The molecule has 15 heavy (non-hydrogen) atoms. The van der Waals surface area contributed by atoms with Crippen LogP contribution in [0.2, 0.25) is 0 Å². The predicted molar refractivity (Wildman–Crippen MR) is 60.9 cm³/mol. The molecule has 0 heterocycles. The van der Waals surface area contributed by atoms with Crippen molar-refractivity contribution in [1.29, 1.82) is 0 Å². The number of benzene rings is 1. The van der Waals surface area contributed by atoms with E-state index in [4.69, 9.17) is 9.84 Å². The first-order valence-electron chi connectivity index (χ1n) is 4.63. The second-order valence-corrected chi connectivity index (χ2v) is 4.15. The zero-order valence-electron chi connectivity index (χ0n) is 8.98. The monoisotopic (exact) mass is 226 g/mol. The number of carboxylic acids is 1. The molecule has 0 unspecified atom stereocenters. The first kappa shape index (κ1) is 11.9. The molecule has 0 aromatic heterocycles. The topological polar surface area (TPSA) is 46.5 Å². The zero-order chi connectivity index (χ0) is 11.4. The lowest BCUT2D eigenvalue weighted by Gasteiger charge is -2.13. The Morgan fingerprint density at radius 3 is 2.60 bits per heavy atom. The van der Waals surface area contributed by atoms with Crippen molar-refractivity contribution >= 4 is 17.7 Å². The lowest BCUT2D eigenvalue weighted by atomic mass is 10.2. The third-order valence-electron chi connectivity index (χ3n) is 1.78. The summed E-state index contributed by atoms with van der Waals surface area (Å²) in [5, 5.41) is 9.10. The number of carbonyl (C=O) groups is 1. The maximum Gasteiger partial charge on any atom is 0.340 e. The summed E-state index contributed by atoms with van der Waals surface area (Å²) in [6.07, 6.45) is 1.82. The molecule has 1 N–H and O–H groups in total. The molecule has 0 aliphatic carbocycles. The molecule has 0 atom stereocenters. The summed E-state index contributed by atoms with van der Waals surface area (Å²) in [5.41, 5.74) is 0.249. The number of hydrogen-bond acceptors (Lipinski definition) is 3. The van der Waals surface area contributed by atoms with Gasteiger partial charge in [-0.3, -0.25) is 0 Å². The van der Waals surface area contributed by atoms with Crippen molar-refractivity contribution in [3.63, 3.8) is 0 Å². The van der Waals surface area contributed by atoms with E-state index in [0.29, 0.717) is 5.75 Å². The van der Waals surface area contributed by atoms with Crippen LogP contribution in [0.15, 0.2) is 23.1 Å². The minimum absolute atomic E-state index is 0.0276. The fraction of sp³-hybridized carbons (Fsp3) is 0.364. The molecule has 0 amide bonds. The Kier molecular flexibility index (Phi) is 4.03. The van der Waals surface area contributed by atoms with Gasteiger partial charge in [0.05, 0.1) is 6.10 Å². The Morgan fingerprint density at radius 1 is 1.47 bits per heavy atom. The fourth-order valence-electron chi connectivity index (χ4n) is 1.24. The largest absolute Gasteiger partial charge is 0.490 e. The van der Waals surface area contributed by atoms with Crippen LogP contribution >= 0.6 is 11.8 Å². The van der Waals surface area contributed by atoms with Gasteiger partial charge in [0.2, 0.25) is 0 Å². The van der Waals surface area contributed by atoms with Crippen LogP contribution in [0.3, 0.4) is 0 Å². The predicted octanol–water partition coefficient (Wildman–Crippen LogP) is 2.89. The fourth-order valence-corrected chi connectivity index (χ4v) is 1.85. The van der Waals surface area contributed by atoms with E-state index < -0.39 is 5.97 Å². The highest BCUT2D eigenvalue weighted by molar-refractivity contribution is 7.98. The van der Waals surface area contributed by atoms with Gasteiger partial charge >= 0.3 is 5.97 Å². The Labute approximate surface area is 93.4 Å². The molecule has 0 radical (unpaired) electrons. The molecule has 1 rings (SSSR count). The second kappa shape index (κ2) is 5.07. The molecule has 82 valence electrons. The maximum atomic E-state index is 11.1. The van der Waals surface area contributed by atoms with Gasteiger partial charge in [0, 0.05) is 4.90 Å². The van der Waals surface area contributed by atoms with Crippen molar-refractivity contribution in [3.8, 4) is 5.75 Å². The summed E-state index contributed by atoms with van der Waals surface area (Å²) in [7, 11) is 0. The number of thioether (sulfide) groups is 1. The quantitative estimate of drug-likeness (QED) is 0.802. The van der Waals surface area contributed by atoms with Gasteiger partial charge in [-0.25, -0.2) is 4.79 Å². The summed E-state index contributed by atoms with van der Waals surface area (Å²) < 4.78 is 5.45. The number of ether oxygens (including phenoxy) is 1. The number of hydrogen-bond donors (Lipinski definition) is 1. The Bertz CT molecular complexity index is 361. The van der Waals surface area contributed by atoms with E-state index in [9.17, 15) is 4.79 Å². The molecule has 0 saturated heterocycles. The highest BCUT2D eigenvalue weighted by atomic mass is 32.2. The van der Waals surface area contributed by atoms with Crippen LogP contribution in [0.5, 0.6) is 5.75 Å². The molecule has 3 nitrogen and oxygen atoms in total. The smallest absolute Gasteiger partial charge is 0.340 e. The summed E-state index contributed by atoms with van der Waals surface area (Å²) in [4.78, 5) is 11.8. The summed E-state index contributed by atoms with van der Waals surface area (Å²) >= 11 is 1.40. The lowest BCUT2D eigenvalue weighted by Crippen LogP contribution is -2.10. The molecule has 1 aromatic rings. The first-order chi connectivity index (χ1) is 7.06. The number of rotatable bonds is 4. The summed E-state index contributed by atoms with van der Waals surface area (Å²) in [5.74, 6) is -0.514. The molecule has 0 bridgehead atoms. The first-order valence-corrected chi connectivity index (χ1v) is 5.85. The van der Waals surface area contributed by atoms with Crippen molar-refractivity contribution in [2.24, 2.45) is 0 Å². The van der Waals surface area contributed by atoms with Crippen molar-refractivity contribution < 1.29 is 14.6 Å². The standard InChI is InChI=1S/C11H14O3S/c1-7(2)14-8-5-4-6-9(15-3)10(8)11(12)13/h4-7H,1-3H3,(H,12,13). The minimum Gasteiger partial charge on any atom is -0.490 e. The maximum absolute atomic E-state index is 11.1. The SMILES string of the molecule is CSc1cccc(OC(C)C)c1C(=O)O. The average molecular weight is 226 g/mol. The van der Waals surface area contributed by atoms with Gasteiger partial charge in [-0.15, -0.1) is 11.8 Å². The normalized spacial score (nSPS) is 10.4. The van der Waals surface area contributed by atoms with Gasteiger partial charge in [0.1, 0.15) is 11.3 Å². The average Bonchev–Trinajstić information content (AvgIpc) is 2.15. The van der Waals surface area contributed by atoms with Crippen molar-refractivity contribution in [2.75, 3.05) is 6.26 Å². The second-order valence-electron chi connectivity index (χ2n) is 3.31. The van der Waals surface area contributed by atoms with E-state index in [0.717, 1.165) is 4.90 Å². The van der Waals surface area contributed by atoms with E-state index in [1.807, 2.05) is 20.1 Å². The van der Waals surface area contributed by atoms with Crippen LogP contribution in [0.4, 0.5) is 0 Å². The van der Waals surface area contributed by atoms with Crippen LogP contribution in [0, 0.1) is 0 Å². The molecule has 0 saturated carbocycles. The molecular weight excluding hydrogens is 212 g/mol. The van der Waals surface area contributed by atoms with Crippen molar-refractivity contribution in [2.45, 2.75) is 24.8 Å². The molecule has 0 aliphatic heterocycles. The third-order valence-corrected chi connectivity index (χ3v) is 2.56. The minimum atomic E-state index is -0.949. The molecular formula is C11H14O3S. The number of aromatic carboxylic acids is 1. The third kappa shape index (κ3) is 2.89. The Hall–Kier alpha value is -1.16. The molecule has 0 aliphatic rings. The van der Waals surface area contributed by atoms with E-state index in [1.54, 1.807) is 18.2 Å². The number of carboxylic acid groups (broad SMARTS) is 1. The van der Waals surface area contributed by atoms with E-state index in [1.165, 1.54) is 11.8 Å². The highest BCUT2D eigenvalue weighted by Gasteiger charge is 2.16. The molecule has 0 spiro atoms. The molecule has 1 aromatic carbocycles. The van der Waals surface area contributed by atoms with Crippen LogP contribution in [-0.4, -0.2) is 23.4 Å². The van der Waals surface area contributed by atoms with E-state index in [2.05, 4.69) is 0 Å². The van der Waals surface area contributed by atoms with Gasteiger partial charge < -0.3 is 9.84 Å². The highest BCUT2D eigenvalue weighted by Crippen LogP contribution is 2.29. The van der Waals surface area contributed by atoms with Gasteiger partial charge in [-0.2, -0.15) is 0 Å².